The van der Waals surface area contributed by atoms with E-state index in [1.165, 1.54) is 5.56 Å². The summed E-state index contributed by atoms with van der Waals surface area (Å²) in [6.07, 6.45) is 0. The summed E-state index contributed by atoms with van der Waals surface area (Å²) in [7, 11) is 2.49. The lowest BCUT2D eigenvalue weighted by atomic mass is 10.0. The maximum atomic E-state index is 5.48. The van der Waals surface area contributed by atoms with Crippen LogP contribution in [-0.2, 0) is 13.3 Å². The van der Waals surface area contributed by atoms with Crippen molar-refractivity contribution in [2.45, 2.75) is 12.0 Å². The molecule has 1 aromatic carbocycles. The minimum Gasteiger partial charge on any atom is -0.377 e. The number of hydrogen-bond acceptors (Lipinski definition) is 3. The molecule has 0 aliphatic rings. The molecule has 0 saturated heterocycles. The van der Waals surface area contributed by atoms with Gasteiger partial charge in [0, 0.05) is 31.8 Å². The lowest BCUT2D eigenvalue weighted by Gasteiger charge is -2.28. The van der Waals surface area contributed by atoms with E-state index in [1.54, 1.807) is 21.3 Å². The predicted molar refractivity (Wildman–Crippen MR) is 79.7 cm³/mol. The molecule has 0 spiro atoms. The highest BCUT2D eigenvalue weighted by Gasteiger charge is 2.40. The summed E-state index contributed by atoms with van der Waals surface area (Å²) in [5.74, 6) is 0.406. The Bertz CT molecular complexity index is 309. The van der Waals surface area contributed by atoms with E-state index in [-0.39, 0.29) is 0 Å². The lowest BCUT2D eigenvalue weighted by molar-refractivity contribution is 0.122. The van der Waals surface area contributed by atoms with Gasteiger partial charge in [0.05, 0.1) is 0 Å². The number of hydrogen-bond donors (Lipinski definition) is 0. The third-order valence-electron chi connectivity index (χ3n) is 2.89. The van der Waals surface area contributed by atoms with Crippen LogP contribution in [-0.4, -0.2) is 34.6 Å². The van der Waals surface area contributed by atoms with Gasteiger partial charge >= 0.3 is 8.80 Å². The van der Waals surface area contributed by atoms with Crippen molar-refractivity contribution in [3.63, 3.8) is 0 Å². The maximum Gasteiger partial charge on any atom is 0.500 e. The molecular weight excluding hydrogens is 347 g/mol. The highest BCUT2D eigenvalue weighted by atomic mass is 127. The average molecular weight is 366 g/mol. The molecule has 0 saturated carbocycles. The Kier molecular flexibility index (Phi) is 6.64. The lowest BCUT2D eigenvalue weighted by Crippen LogP contribution is -2.44. The van der Waals surface area contributed by atoms with Gasteiger partial charge in [-0.2, -0.15) is 0 Å². The summed E-state index contributed by atoms with van der Waals surface area (Å²) in [5, 5.41) is 0. The van der Waals surface area contributed by atoms with Crippen molar-refractivity contribution in [1.82, 2.24) is 0 Å². The first-order chi connectivity index (χ1) is 8.21. The Balaban J connectivity index is 2.82. The zero-order chi connectivity index (χ0) is 12.7. The molecule has 1 aromatic rings. The largest absolute Gasteiger partial charge is 0.500 e. The highest BCUT2D eigenvalue weighted by Crippen LogP contribution is 2.29. The molecular formula is C12H19IO3Si. The summed E-state index contributed by atoms with van der Waals surface area (Å²) in [6.45, 7) is 0. The van der Waals surface area contributed by atoms with Gasteiger partial charge in [-0.3, -0.25) is 0 Å². The SMILES string of the molecule is CO[Si](CC(CI)c1ccccc1)(OC)OC. The molecule has 0 N–H and O–H groups in total. The molecule has 1 atom stereocenters. The second-order valence-electron chi connectivity index (χ2n) is 3.76. The Morgan fingerprint density at radius 2 is 1.59 bits per heavy atom. The Morgan fingerprint density at radius 1 is 1.06 bits per heavy atom. The van der Waals surface area contributed by atoms with Crippen LogP contribution in [0.15, 0.2) is 30.3 Å². The first-order valence-corrected chi connectivity index (χ1v) is 8.93. The topological polar surface area (TPSA) is 27.7 Å². The summed E-state index contributed by atoms with van der Waals surface area (Å²) < 4.78 is 17.5. The van der Waals surface area contributed by atoms with Gasteiger partial charge in [-0.15, -0.1) is 0 Å². The van der Waals surface area contributed by atoms with E-state index in [0.717, 1.165) is 10.5 Å². The monoisotopic (exact) mass is 366 g/mol. The minimum absolute atomic E-state index is 0.406. The molecule has 0 aliphatic carbocycles. The van der Waals surface area contributed by atoms with Crippen molar-refractivity contribution >= 4 is 31.4 Å². The normalized spacial score (nSPS) is 13.6. The quantitative estimate of drug-likeness (QED) is 0.422. The zero-order valence-corrected chi connectivity index (χ0v) is 13.6. The van der Waals surface area contributed by atoms with E-state index in [0.29, 0.717) is 5.92 Å². The molecule has 0 bridgehead atoms. The minimum atomic E-state index is -2.49. The van der Waals surface area contributed by atoms with Crippen molar-refractivity contribution in [3.8, 4) is 0 Å². The smallest absolute Gasteiger partial charge is 0.377 e. The fourth-order valence-corrected chi connectivity index (χ4v) is 5.18. The number of alkyl halides is 1. The van der Waals surface area contributed by atoms with Crippen LogP contribution in [0.4, 0.5) is 0 Å². The first-order valence-electron chi connectivity index (χ1n) is 5.47. The van der Waals surface area contributed by atoms with Gasteiger partial charge in [0.25, 0.3) is 0 Å². The van der Waals surface area contributed by atoms with E-state index >= 15 is 0 Å². The Morgan fingerprint density at radius 3 is 2.00 bits per heavy atom. The van der Waals surface area contributed by atoms with Gasteiger partial charge in [-0.1, -0.05) is 52.9 Å². The van der Waals surface area contributed by atoms with Crippen LogP contribution >= 0.6 is 22.6 Å². The van der Waals surface area contributed by atoms with Crippen molar-refractivity contribution in [2.24, 2.45) is 0 Å². The van der Waals surface area contributed by atoms with Gasteiger partial charge in [0.1, 0.15) is 0 Å². The second-order valence-corrected chi connectivity index (χ2v) is 7.64. The Labute approximate surface area is 118 Å². The molecule has 3 nitrogen and oxygen atoms in total. The van der Waals surface area contributed by atoms with Crippen molar-refractivity contribution in [2.75, 3.05) is 25.8 Å². The Hall–Kier alpha value is 0.0469. The van der Waals surface area contributed by atoms with Crippen LogP contribution < -0.4 is 0 Å². The molecule has 0 heterocycles. The number of halogens is 1. The summed E-state index contributed by atoms with van der Waals surface area (Å²) in [4.78, 5) is 0. The number of rotatable bonds is 7. The van der Waals surface area contributed by atoms with Crippen LogP contribution in [0.3, 0.4) is 0 Å². The third-order valence-corrected chi connectivity index (χ3v) is 6.81. The van der Waals surface area contributed by atoms with Gasteiger partial charge in [-0.05, 0) is 11.5 Å². The van der Waals surface area contributed by atoms with Gasteiger partial charge < -0.3 is 13.3 Å². The third kappa shape index (κ3) is 4.03. The summed E-state index contributed by atoms with van der Waals surface area (Å²) >= 11 is 2.40. The van der Waals surface area contributed by atoms with E-state index in [9.17, 15) is 0 Å². The summed E-state index contributed by atoms with van der Waals surface area (Å²) in [6, 6.07) is 11.2. The van der Waals surface area contributed by atoms with Crippen LogP contribution in [0.2, 0.25) is 6.04 Å². The van der Waals surface area contributed by atoms with Crippen LogP contribution in [0.1, 0.15) is 11.5 Å². The predicted octanol–water partition coefficient (Wildman–Crippen LogP) is 3.08. The average Bonchev–Trinajstić information content (AvgIpc) is 2.42. The molecule has 1 rings (SSSR count). The molecule has 0 radical (unpaired) electrons. The molecule has 1 unspecified atom stereocenters. The maximum absolute atomic E-state index is 5.48. The van der Waals surface area contributed by atoms with Crippen molar-refractivity contribution in [1.29, 1.82) is 0 Å². The van der Waals surface area contributed by atoms with Crippen molar-refractivity contribution in [3.05, 3.63) is 35.9 Å². The molecule has 5 heteroatoms. The van der Waals surface area contributed by atoms with Crippen LogP contribution in [0.5, 0.6) is 0 Å². The van der Waals surface area contributed by atoms with Crippen LogP contribution in [0, 0.1) is 0 Å². The van der Waals surface area contributed by atoms with Gasteiger partial charge in [0.15, 0.2) is 0 Å². The fourth-order valence-electron chi connectivity index (χ4n) is 1.79. The molecule has 0 fully saturated rings. The number of benzene rings is 1. The second kappa shape index (κ2) is 7.47. The van der Waals surface area contributed by atoms with E-state index < -0.39 is 8.80 Å². The molecule has 96 valence electrons. The molecule has 0 amide bonds. The van der Waals surface area contributed by atoms with Gasteiger partial charge in [0.2, 0.25) is 0 Å². The van der Waals surface area contributed by atoms with E-state index in [2.05, 4.69) is 46.9 Å². The molecule has 17 heavy (non-hydrogen) atoms. The first kappa shape index (κ1) is 15.1. The molecule has 0 aliphatic heterocycles. The van der Waals surface area contributed by atoms with Gasteiger partial charge in [-0.25, -0.2) is 0 Å². The fraction of sp³-hybridized carbons (Fsp3) is 0.500. The zero-order valence-electron chi connectivity index (χ0n) is 10.5. The summed E-state index contributed by atoms with van der Waals surface area (Å²) in [5.41, 5.74) is 1.31. The van der Waals surface area contributed by atoms with E-state index in [4.69, 9.17) is 13.3 Å². The molecule has 0 aromatic heterocycles. The van der Waals surface area contributed by atoms with Crippen LogP contribution in [0.25, 0.3) is 0 Å². The van der Waals surface area contributed by atoms with E-state index in [1.807, 2.05) is 6.07 Å². The standard InChI is InChI=1S/C12H19IO3Si/c1-14-17(15-2,16-3)10-12(9-13)11-7-5-4-6-8-11/h4-8,12H,9-10H2,1-3H3. The van der Waals surface area contributed by atoms with Crippen molar-refractivity contribution < 1.29 is 13.3 Å². The highest BCUT2D eigenvalue weighted by molar-refractivity contribution is 14.1.